The van der Waals surface area contributed by atoms with Crippen LogP contribution < -0.4 is 0 Å². The van der Waals surface area contributed by atoms with Gasteiger partial charge in [-0.3, -0.25) is 0 Å². The smallest absolute Gasteiger partial charge is 0.0801 e. The summed E-state index contributed by atoms with van der Waals surface area (Å²) < 4.78 is 5.33. The van der Waals surface area contributed by atoms with Gasteiger partial charge < -0.3 is 14.9 Å². The molecule has 0 aliphatic carbocycles. The molecule has 0 bridgehead atoms. The van der Waals surface area contributed by atoms with E-state index in [0.29, 0.717) is 6.61 Å². The molecule has 16 heavy (non-hydrogen) atoms. The zero-order valence-corrected chi connectivity index (χ0v) is 9.25. The predicted octanol–water partition coefficient (Wildman–Crippen LogP) is 1.50. The van der Waals surface area contributed by atoms with Crippen molar-refractivity contribution < 1.29 is 14.9 Å². The van der Waals surface area contributed by atoms with Crippen molar-refractivity contribution in [2.75, 3.05) is 6.61 Å². The summed E-state index contributed by atoms with van der Waals surface area (Å²) in [5, 5.41) is 18.7. The van der Waals surface area contributed by atoms with Crippen molar-refractivity contribution >= 4 is 0 Å². The summed E-state index contributed by atoms with van der Waals surface area (Å²) in [5.41, 5.74) is 1.07. The molecule has 88 valence electrons. The van der Waals surface area contributed by atoms with Crippen molar-refractivity contribution in [2.24, 2.45) is 0 Å². The molecule has 0 saturated carbocycles. The first-order valence-electron chi connectivity index (χ1n) is 5.32. The van der Waals surface area contributed by atoms with Crippen LogP contribution in [0.15, 0.2) is 43.0 Å². The second-order valence-electron chi connectivity index (χ2n) is 3.69. The molecule has 0 saturated heterocycles. The van der Waals surface area contributed by atoms with E-state index in [9.17, 15) is 10.2 Å². The van der Waals surface area contributed by atoms with E-state index in [2.05, 4.69) is 6.58 Å². The third-order valence-electron chi connectivity index (χ3n) is 2.21. The highest BCUT2D eigenvalue weighted by Gasteiger charge is 2.08. The third kappa shape index (κ3) is 5.07. The average molecular weight is 222 g/mol. The predicted molar refractivity (Wildman–Crippen MR) is 62.9 cm³/mol. The summed E-state index contributed by atoms with van der Waals surface area (Å²) in [6, 6.07) is 9.75. The molecule has 0 aliphatic heterocycles. The van der Waals surface area contributed by atoms with Crippen LogP contribution in [-0.4, -0.2) is 29.0 Å². The molecule has 0 aromatic heterocycles. The van der Waals surface area contributed by atoms with Crippen LogP contribution in [0.1, 0.15) is 12.0 Å². The van der Waals surface area contributed by atoms with E-state index in [-0.39, 0.29) is 13.0 Å². The second kappa shape index (κ2) is 7.17. The van der Waals surface area contributed by atoms with Crippen LogP contribution in [-0.2, 0) is 11.3 Å². The number of hydrogen-bond acceptors (Lipinski definition) is 3. The van der Waals surface area contributed by atoms with Gasteiger partial charge in [0.05, 0.1) is 25.4 Å². The van der Waals surface area contributed by atoms with Crippen LogP contribution in [0.4, 0.5) is 0 Å². The first-order valence-corrected chi connectivity index (χ1v) is 5.32. The van der Waals surface area contributed by atoms with Crippen LogP contribution in [0, 0.1) is 0 Å². The fourth-order valence-corrected chi connectivity index (χ4v) is 1.33. The molecule has 1 aromatic carbocycles. The van der Waals surface area contributed by atoms with Gasteiger partial charge in [-0.15, -0.1) is 6.58 Å². The monoisotopic (exact) mass is 222 g/mol. The molecule has 0 aliphatic rings. The van der Waals surface area contributed by atoms with Crippen LogP contribution >= 0.6 is 0 Å². The molecule has 1 rings (SSSR count). The highest BCUT2D eigenvalue weighted by molar-refractivity contribution is 5.13. The van der Waals surface area contributed by atoms with Crippen molar-refractivity contribution in [3.63, 3.8) is 0 Å². The molecule has 1 aromatic rings. The van der Waals surface area contributed by atoms with Gasteiger partial charge in [-0.05, 0) is 5.56 Å². The van der Waals surface area contributed by atoms with Crippen molar-refractivity contribution in [1.29, 1.82) is 0 Å². The number of hydrogen-bond donors (Lipinski definition) is 2. The number of aliphatic hydroxyl groups excluding tert-OH is 2. The van der Waals surface area contributed by atoms with Gasteiger partial charge in [0, 0.05) is 6.42 Å². The van der Waals surface area contributed by atoms with E-state index in [0.717, 1.165) is 5.56 Å². The number of rotatable bonds is 7. The van der Waals surface area contributed by atoms with Crippen molar-refractivity contribution in [2.45, 2.75) is 25.2 Å². The van der Waals surface area contributed by atoms with E-state index in [1.807, 2.05) is 30.3 Å². The molecule has 0 radical (unpaired) electrons. The van der Waals surface area contributed by atoms with Crippen molar-refractivity contribution in [3.05, 3.63) is 48.6 Å². The molecule has 3 nitrogen and oxygen atoms in total. The van der Waals surface area contributed by atoms with E-state index >= 15 is 0 Å². The first kappa shape index (κ1) is 12.9. The Balaban J connectivity index is 2.18. The van der Waals surface area contributed by atoms with E-state index in [1.165, 1.54) is 6.08 Å². The lowest BCUT2D eigenvalue weighted by Gasteiger charge is -2.13. The topological polar surface area (TPSA) is 49.7 Å². The Morgan fingerprint density at radius 3 is 2.56 bits per heavy atom. The molecular formula is C13H18O3. The first-order chi connectivity index (χ1) is 7.72. The number of aliphatic hydroxyl groups is 2. The summed E-state index contributed by atoms with van der Waals surface area (Å²) in [4.78, 5) is 0. The van der Waals surface area contributed by atoms with Crippen molar-refractivity contribution in [3.8, 4) is 0 Å². The van der Waals surface area contributed by atoms with E-state index in [4.69, 9.17) is 4.74 Å². The molecule has 3 heteroatoms. The van der Waals surface area contributed by atoms with Gasteiger partial charge in [0.1, 0.15) is 0 Å². The summed E-state index contributed by atoms with van der Waals surface area (Å²) in [7, 11) is 0. The molecule has 0 fully saturated rings. The van der Waals surface area contributed by atoms with Crippen LogP contribution in [0.25, 0.3) is 0 Å². The Bertz CT molecular complexity index is 297. The largest absolute Gasteiger partial charge is 0.391 e. The maximum Gasteiger partial charge on any atom is 0.0801 e. The van der Waals surface area contributed by atoms with Crippen LogP contribution in [0.5, 0.6) is 0 Å². The highest BCUT2D eigenvalue weighted by Crippen LogP contribution is 2.04. The zero-order chi connectivity index (χ0) is 11.8. The number of ether oxygens (including phenoxy) is 1. The Kier molecular flexibility index (Phi) is 5.78. The minimum atomic E-state index is -0.671. The number of benzene rings is 1. The summed E-state index contributed by atoms with van der Waals surface area (Å²) >= 11 is 0. The second-order valence-corrected chi connectivity index (χ2v) is 3.69. The maximum absolute atomic E-state index is 9.50. The van der Waals surface area contributed by atoms with E-state index < -0.39 is 12.2 Å². The minimum absolute atomic E-state index is 0.222. The standard InChI is InChI=1S/C13H18O3/c1-2-12(14)8-13(15)10-16-9-11-6-4-3-5-7-11/h2-7,12-15H,1,8-10H2/t12-,13-/m1/s1. The summed E-state index contributed by atoms with van der Waals surface area (Å²) in [6.45, 7) is 4.14. The Morgan fingerprint density at radius 1 is 1.25 bits per heavy atom. The van der Waals surface area contributed by atoms with Gasteiger partial charge in [0.15, 0.2) is 0 Å². The Labute approximate surface area is 96.0 Å². The summed E-state index contributed by atoms with van der Waals surface area (Å²) in [5.74, 6) is 0. The van der Waals surface area contributed by atoms with Gasteiger partial charge >= 0.3 is 0 Å². The Hall–Kier alpha value is -1.16. The maximum atomic E-state index is 9.50. The molecule has 0 amide bonds. The lowest BCUT2D eigenvalue weighted by atomic mass is 10.1. The normalized spacial score (nSPS) is 14.4. The summed E-state index contributed by atoms with van der Waals surface area (Å²) in [6.07, 6.45) is 0.339. The van der Waals surface area contributed by atoms with Gasteiger partial charge in [-0.1, -0.05) is 36.4 Å². The molecule has 0 spiro atoms. The SMILES string of the molecule is C=C[C@@H](O)C[C@@H](O)COCc1ccccc1. The highest BCUT2D eigenvalue weighted by atomic mass is 16.5. The van der Waals surface area contributed by atoms with Gasteiger partial charge in [-0.2, -0.15) is 0 Å². The van der Waals surface area contributed by atoms with Gasteiger partial charge in [0.25, 0.3) is 0 Å². The quantitative estimate of drug-likeness (QED) is 0.687. The van der Waals surface area contributed by atoms with Gasteiger partial charge in [-0.25, -0.2) is 0 Å². The van der Waals surface area contributed by atoms with Crippen LogP contribution in [0.3, 0.4) is 0 Å². The van der Waals surface area contributed by atoms with E-state index in [1.54, 1.807) is 0 Å². The zero-order valence-electron chi connectivity index (χ0n) is 9.25. The molecular weight excluding hydrogens is 204 g/mol. The lowest BCUT2D eigenvalue weighted by molar-refractivity contribution is 0.00844. The van der Waals surface area contributed by atoms with Gasteiger partial charge in [0.2, 0.25) is 0 Å². The molecule has 2 atom stereocenters. The minimum Gasteiger partial charge on any atom is -0.391 e. The molecule has 2 N–H and O–H groups in total. The fourth-order valence-electron chi connectivity index (χ4n) is 1.33. The lowest BCUT2D eigenvalue weighted by Crippen LogP contribution is -2.21. The molecule has 0 unspecified atom stereocenters. The molecule has 0 heterocycles. The van der Waals surface area contributed by atoms with Crippen molar-refractivity contribution in [1.82, 2.24) is 0 Å². The van der Waals surface area contributed by atoms with Crippen LogP contribution in [0.2, 0.25) is 0 Å². The average Bonchev–Trinajstić information content (AvgIpc) is 2.30. The third-order valence-corrected chi connectivity index (χ3v) is 2.21. The fraction of sp³-hybridized carbons (Fsp3) is 0.385. The Morgan fingerprint density at radius 2 is 1.94 bits per heavy atom.